The molecule has 2 aromatic rings. The molecule has 3 nitrogen and oxygen atoms in total. The summed E-state index contributed by atoms with van der Waals surface area (Å²) in [5.41, 5.74) is 2.08. The predicted octanol–water partition coefficient (Wildman–Crippen LogP) is 2.91. The van der Waals surface area contributed by atoms with Crippen molar-refractivity contribution in [2.24, 2.45) is 0 Å². The maximum Gasteiger partial charge on any atom is 0.245 e. The average molecular weight is 266 g/mol. The molecule has 0 bridgehead atoms. The number of hydrogen-bond acceptors (Lipinski definition) is 2. The van der Waals surface area contributed by atoms with Gasteiger partial charge in [0.2, 0.25) is 5.91 Å². The third-order valence-corrected chi connectivity index (χ3v) is 2.91. The molecule has 3 heteroatoms. The van der Waals surface area contributed by atoms with E-state index in [0.29, 0.717) is 6.67 Å². The Kier molecular flexibility index (Phi) is 4.95. The molecule has 1 N–H and O–H groups in total. The van der Waals surface area contributed by atoms with Gasteiger partial charge in [0.25, 0.3) is 0 Å². The van der Waals surface area contributed by atoms with Crippen molar-refractivity contribution in [1.29, 1.82) is 0 Å². The summed E-state index contributed by atoms with van der Waals surface area (Å²) >= 11 is 0. The van der Waals surface area contributed by atoms with E-state index in [2.05, 4.69) is 5.32 Å². The van der Waals surface area contributed by atoms with Gasteiger partial charge in [0.1, 0.15) is 0 Å². The van der Waals surface area contributed by atoms with Crippen LogP contribution >= 0.6 is 0 Å². The van der Waals surface area contributed by atoms with E-state index < -0.39 is 0 Å². The zero-order chi connectivity index (χ0) is 14.2. The Morgan fingerprint density at radius 3 is 2.30 bits per heavy atom. The topological polar surface area (TPSA) is 32.3 Å². The molecule has 0 fully saturated rings. The van der Waals surface area contributed by atoms with Crippen LogP contribution in [0.4, 0.5) is 5.69 Å². The van der Waals surface area contributed by atoms with Gasteiger partial charge >= 0.3 is 0 Å². The van der Waals surface area contributed by atoms with Gasteiger partial charge in [-0.2, -0.15) is 0 Å². The van der Waals surface area contributed by atoms with Crippen LogP contribution < -0.4 is 10.2 Å². The number of carbonyl (C=O) groups is 1. The van der Waals surface area contributed by atoms with Gasteiger partial charge in [-0.15, -0.1) is 0 Å². The van der Waals surface area contributed by atoms with E-state index in [0.717, 1.165) is 11.3 Å². The van der Waals surface area contributed by atoms with Crippen molar-refractivity contribution in [2.75, 3.05) is 18.6 Å². The van der Waals surface area contributed by atoms with Gasteiger partial charge in [-0.3, -0.25) is 4.79 Å². The molecule has 20 heavy (non-hydrogen) atoms. The normalized spacial score (nSPS) is 10.4. The first-order valence-corrected chi connectivity index (χ1v) is 6.53. The standard InChI is InChI=1S/C17H18N2O/c1-19(16-10-6-3-7-11-16)14-18-17(20)13-12-15-8-4-2-5-9-15/h2-13H,14H2,1H3,(H,18,20)/b13-12+. The lowest BCUT2D eigenvalue weighted by Crippen LogP contribution is -2.34. The number of nitrogens with zero attached hydrogens (tertiary/aromatic N) is 1. The molecule has 0 radical (unpaired) electrons. The summed E-state index contributed by atoms with van der Waals surface area (Å²) < 4.78 is 0. The fourth-order valence-electron chi connectivity index (χ4n) is 1.77. The maximum absolute atomic E-state index is 11.7. The zero-order valence-corrected chi connectivity index (χ0v) is 11.5. The number of amides is 1. The fourth-order valence-corrected chi connectivity index (χ4v) is 1.77. The van der Waals surface area contributed by atoms with Crippen LogP contribution in [0.1, 0.15) is 5.56 Å². The maximum atomic E-state index is 11.7. The molecule has 0 heterocycles. The highest BCUT2D eigenvalue weighted by atomic mass is 16.1. The lowest BCUT2D eigenvalue weighted by molar-refractivity contribution is -0.116. The van der Waals surface area contributed by atoms with Crippen molar-refractivity contribution in [2.45, 2.75) is 0 Å². The highest BCUT2D eigenvalue weighted by Crippen LogP contribution is 2.09. The SMILES string of the molecule is CN(CNC(=O)/C=C/c1ccccc1)c1ccccc1. The third kappa shape index (κ3) is 4.28. The van der Waals surface area contributed by atoms with Crippen LogP contribution in [-0.4, -0.2) is 19.6 Å². The van der Waals surface area contributed by atoms with Crippen LogP contribution in [0.5, 0.6) is 0 Å². The first kappa shape index (κ1) is 13.9. The van der Waals surface area contributed by atoms with E-state index in [1.807, 2.05) is 72.6 Å². The Hall–Kier alpha value is -2.55. The Labute approximate surface area is 119 Å². The molecule has 2 aromatic carbocycles. The van der Waals surface area contributed by atoms with Crippen molar-refractivity contribution in [3.8, 4) is 0 Å². The fraction of sp³-hybridized carbons (Fsp3) is 0.118. The van der Waals surface area contributed by atoms with Crippen molar-refractivity contribution >= 4 is 17.7 Å². The molecular formula is C17H18N2O. The first-order chi connectivity index (χ1) is 9.75. The number of nitrogens with one attached hydrogen (secondary N) is 1. The van der Waals surface area contributed by atoms with Gasteiger partial charge in [0.15, 0.2) is 0 Å². The Morgan fingerprint density at radius 1 is 1.05 bits per heavy atom. The molecule has 0 aliphatic rings. The van der Waals surface area contributed by atoms with Gasteiger partial charge in [-0.05, 0) is 23.8 Å². The van der Waals surface area contributed by atoms with Gasteiger partial charge < -0.3 is 10.2 Å². The molecule has 0 aromatic heterocycles. The summed E-state index contributed by atoms with van der Waals surface area (Å²) in [7, 11) is 1.94. The molecule has 0 spiro atoms. The second-order valence-electron chi connectivity index (χ2n) is 4.48. The first-order valence-electron chi connectivity index (χ1n) is 6.53. The van der Waals surface area contributed by atoms with E-state index >= 15 is 0 Å². The second kappa shape index (κ2) is 7.14. The molecule has 2 rings (SSSR count). The molecule has 0 saturated heterocycles. The highest BCUT2D eigenvalue weighted by molar-refractivity contribution is 5.91. The quantitative estimate of drug-likeness (QED) is 0.666. The van der Waals surface area contributed by atoms with Gasteiger partial charge in [-0.25, -0.2) is 0 Å². The molecule has 0 saturated carbocycles. The van der Waals surface area contributed by atoms with Crippen molar-refractivity contribution in [1.82, 2.24) is 5.32 Å². The van der Waals surface area contributed by atoms with Crippen molar-refractivity contribution < 1.29 is 4.79 Å². The third-order valence-electron chi connectivity index (χ3n) is 2.91. The molecule has 0 aliphatic heterocycles. The molecule has 0 aliphatic carbocycles. The summed E-state index contributed by atoms with van der Waals surface area (Å²) in [6.07, 6.45) is 3.35. The van der Waals surface area contributed by atoms with Crippen LogP contribution in [0.25, 0.3) is 6.08 Å². The Balaban J connectivity index is 1.82. The summed E-state index contributed by atoms with van der Waals surface area (Å²) in [6, 6.07) is 19.7. The molecule has 102 valence electrons. The monoisotopic (exact) mass is 266 g/mol. The highest BCUT2D eigenvalue weighted by Gasteiger charge is 2.00. The minimum Gasteiger partial charge on any atom is -0.357 e. The van der Waals surface area contributed by atoms with Crippen LogP contribution in [-0.2, 0) is 4.79 Å². The molecule has 0 unspecified atom stereocenters. The smallest absolute Gasteiger partial charge is 0.245 e. The van der Waals surface area contributed by atoms with Crippen LogP contribution in [0.2, 0.25) is 0 Å². The molecule has 1 amide bonds. The van der Waals surface area contributed by atoms with Crippen molar-refractivity contribution in [3.05, 3.63) is 72.3 Å². The largest absolute Gasteiger partial charge is 0.357 e. The second-order valence-corrected chi connectivity index (χ2v) is 4.48. The Bertz CT molecular complexity index is 564. The average Bonchev–Trinajstić information content (AvgIpc) is 2.52. The molecule has 0 atom stereocenters. The zero-order valence-electron chi connectivity index (χ0n) is 11.5. The van der Waals surface area contributed by atoms with E-state index in [4.69, 9.17) is 0 Å². The number of para-hydroxylation sites is 1. The van der Waals surface area contributed by atoms with E-state index in [9.17, 15) is 4.79 Å². The van der Waals surface area contributed by atoms with Gasteiger partial charge in [0, 0.05) is 18.8 Å². The van der Waals surface area contributed by atoms with Gasteiger partial charge in [-0.1, -0.05) is 48.5 Å². The van der Waals surface area contributed by atoms with Crippen LogP contribution in [0, 0.1) is 0 Å². The minimum absolute atomic E-state index is 0.100. The summed E-state index contributed by atoms with van der Waals surface area (Å²) in [6.45, 7) is 0.474. The number of anilines is 1. The molecular weight excluding hydrogens is 248 g/mol. The lowest BCUT2D eigenvalue weighted by atomic mass is 10.2. The number of rotatable bonds is 5. The van der Waals surface area contributed by atoms with Crippen LogP contribution in [0.15, 0.2) is 66.7 Å². The van der Waals surface area contributed by atoms with E-state index in [1.165, 1.54) is 0 Å². The Morgan fingerprint density at radius 2 is 1.65 bits per heavy atom. The van der Waals surface area contributed by atoms with E-state index in [1.54, 1.807) is 12.2 Å². The predicted molar refractivity (Wildman–Crippen MR) is 83.3 cm³/mol. The summed E-state index contributed by atoms with van der Waals surface area (Å²) in [5, 5.41) is 2.85. The number of benzene rings is 2. The summed E-state index contributed by atoms with van der Waals surface area (Å²) in [5.74, 6) is -0.100. The van der Waals surface area contributed by atoms with E-state index in [-0.39, 0.29) is 5.91 Å². The summed E-state index contributed by atoms with van der Waals surface area (Å²) in [4.78, 5) is 13.7. The van der Waals surface area contributed by atoms with Crippen molar-refractivity contribution in [3.63, 3.8) is 0 Å². The number of hydrogen-bond donors (Lipinski definition) is 1. The van der Waals surface area contributed by atoms with Crippen LogP contribution in [0.3, 0.4) is 0 Å². The van der Waals surface area contributed by atoms with Gasteiger partial charge in [0.05, 0.1) is 6.67 Å². The minimum atomic E-state index is -0.100. The lowest BCUT2D eigenvalue weighted by Gasteiger charge is -2.19. The number of carbonyl (C=O) groups excluding carboxylic acids is 1.